The lowest BCUT2D eigenvalue weighted by Crippen LogP contribution is -2.30. The van der Waals surface area contributed by atoms with Crippen LogP contribution in [0.1, 0.15) is 54.0 Å². The molecular weight excluding hydrogens is 501 g/mol. The smallest absolute Gasteiger partial charge is 0.261 e. The number of carbonyl (C=O) groups is 2. The molecule has 0 spiro atoms. The van der Waals surface area contributed by atoms with Crippen LogP contribution in [0, 0.1) is 0 Å². The highest BCUT2D eigenvalue weighted by Crippen LogP contribution is 2.47. The number of amides is 1. The van der Waals surface area contributed by atoms with Gasteiger partial charge in [-0.1, -0.05) is 41.4 Å². The zero-order chi connectivity index (χ0) is 25.7. The van der Waals surface area contributed by atoms with Gasteiger partial charge in [0.1, 0.15) is 6.04 Å². The lowest BCUT2D eigenvalue weighted by atomic mass is 10.0. The molecule has 0 fully saturated rings. The van der Waals surface area contributed by atoms with Crippen molar-refractivity contribution in [3.8, 4) is 17.1 Å². The number of nitrogens with two attached hydrogens (primary N) is 1. The van der Waals surface area contributed by atoms with E-state index in [1.165, 1.54) is 7.11 Å². The number of aromatic nitrogens is 3. The predicted molar refractivity (Wildman–Crippen MR) is 138 cm³/mol. The Morgan fingerprint density at radius 2 is 1.86 bits per heavy atom. The number of hydrogen-bond donors (Lipinski definition) is 1. The Morgan fingerprint density at radius 3 is 2.50 bits per heavy atom. The van der Waals surface area contributed by atoms with Gasteiger partial charge in [0.25, 0.3) is 5.91 Å². The van der Waals surface area contributed by atoms with Crippen molar-refractivity contribution in [3.05, 3.63) is 81.3 Å². The number of nitrogens with zero attached hydrogens (tertiary/aromatic N) is 4. The third-order valence-electron chi connectivity index (χ3n) is 6.30. The first-order valence-electron chi connectivity index (χ1n) is 11.3. The molecule has 1 aliphatic carbocycles. The van der Waals surface area contributed by atoms with Crippen molar-refractivity contribution in [1.82, 2.24) is 19.4 Å². The number of nitrogen functional groups attached to an aromatic ring is 1. The molecule has 36 heavy (non-hydrogen) atoms. The van der Waals surface area contributed by atoms with E-state index in [4.69, 9.17) is 33.7 Å². The van der Waals surface area contributed by atoms with E-state index in [1.807, 2.05) is 32.0 Å². The molecule has 8 nitrogen and oxygen atoms in total. The number of fused-ring (bicyclic) bond motifs is 1. The summed E-state index contributed by atoms with van der Waals surface area (Å²) < 4.78 is 7.57. The van der Waals surface area contributed by atoms with Crippen LogP contribution in [0.4, 0.5) is 5.95 Å². The summed E-state index contributed by atoms with van der Waals surface area (Å²) in [6.07, 6.45) is 5.01. The maximum Gasteiger partial charge on any atom is 0.261 e. The number of Topliss-reactive ketones (excluding diaryl/α,β-unsaturated/α-hetero) is 1. The Hall–Kier alpha value is -3.62. The van der Waals surface area contributed by atoms with Gasteiger partial charge in [0.05, 0.1) is 34.7 Å². The predicted octanol–water partition coefficient (Wildman–Crippen LogP) is 5.29. The van der Waals surface area contributed by atoms with Gasteiger partial charge >= 0.3 is 0 Å². The van der Waals surface area contributed by atoms with Gasteiger partial charge in [0.2, 0.25) is 11.8 Å². The van der Waals surface area contributed by atoms with Crippen LogP contribution in [0.5, 0.6) is 5.88 Å². The number of hydrogen-bond acceptors (Lipinski definition) is 6. The van der Waals surface area contributed by atoms with E-state index in [0.717, 1.165) is 17.0 Å². The number of rotatable bonds is 5. The number of carbonyl (C=O) groups excluding carboxylic acids is 2. The number of allylic oxidation sites excluding steroid dienone is 3. The SMILES string of the molecule is COc1nc(N)ncc1-c1cc2c(n1C(C)C)C(c1ccc(Cl)cc1)N(C1=CCC(=O)C(Cl)=C1)C2=O. The quantitative estimate of drug-likeness (QED) is 0.486. The molecule has 1 aliphatic heterocycles. The van der Waals surface area contributed by atoms with Crippen LogP contribution in [-0.4, -0.2) is 38.2 Å². The largest absolute Gasteiger partial charge is 0.480 e. The zero-order valence-electron chi connectivity index (χ0n) is 19.8. The van der Waals surface area contributed by atoms with Crippen molar-refractivity contribution in [3.63, 3.8) is 0 Å². The third kappa shape index (κ3) is 3.86. The molecule has 0 radical (unpaired) electrons. The Bertz CT molecular complexity index is 1460. The molecule has 5 rings (SSSR count). The van der Waals surface area contributed by atoms with E-state index in [0.29, 0.717) is 27.7 Å². The molecule has 2 aliphatic rings. The Balaban J connectivity index is 1.76. The summed E-state index contributed by atoms with van der Waals surface area (Å²) in [4.78, 5) is 36.0. The molecule has 0 saturated carbocycles. The molecule has 1 amide bonds. The minimum Gasteiger partial charge on any atom is -0.480 e. The van der Waals surface area contributed by atoms with Gasteiger partial charge in [-0.3, -0.25) is 14.5 Å². The van der Waals surface area contributed by atoms with Crippen LogP contribution >= 0.6 is 23.2 Å². The number of anilines is 1. The van der Waals surface area contributed by atoms with Crippen LogP contribution in [0.15, 0.2) is 59.4 Å². The molecule has 1 aromatic carbocycles. The van der Waals surface area contributed by atoms with Crippen molar-refractivity contribution in [1.29, 1.82) is 0 Å². The molecule has 0 saturated heterocycles. The summed E-state index contributed by atoms with van der Waals surface area (Å²) in [7, 11) is 1.51. The fraction of sp³-hybridized carbons (Fsp3) is 0.231. The second kappa shape index (κ2) is 9.11. The standard InChI is InChI=1S/C26H23Cl2N5O3/c1-13(2)32-20(18-12-30-26(29)31-24(18)36-3)11-17-23(32)22(14-4-6-15(27)7-5-14)33(25(17)35)16-8-9-21(34)19(28)10-16/h4-8,10-13,22H,9H2,1-3H3,(H2,29,30,31). The van der Waals surface area contributed by atoms with E-state index < -0.39 is 6.04 Å². The van der Waals surface area contributed by atoms with Gasteiger partial charge < -0.3 is 15.0 Å². The fourth-order valence-electron chi connectivity index (χ4n) is 4.78. The van der Waals surface area contributed by atoms with Crippen LogP contribution in [-0.2, 0) is 4.79 Å². The molecule has 184 valence electrons. The number of ketones is 1. The first-order chi connectivity index (χ1) is 17.2. The summed E-state index contributed by atoms with van der Waals surface area (Å²) in [5, 5.41) is 0.687. The summed E-state index contributed by atoms with van der Waals surface area (Å²) in [5.41, 5.74) is 9.90. The average molecular weight is 524 g/mol. The van der Waals surface area contributed by atoms with E-state index >= 15 is 0 Å². The van der Waals surface area contributed by atoms with Crippen LogP contribution in [0.25, 0.3) is 11.3 Å². The van der Waals surface area contributed by atoms with Crippen molar-refractivity contribution in [2.24, 2.45) is 0 Å². The van der Waals surface area contributed by atoms with E-state index in [2.05, 4.69) is 14.5 Å². The fourth-order valence-corrected chi connectivity index (χ4v) is 5.10. The molecule has 3 heterocycles. The highest BCUT2D eigenvalue weighted by molar-refractivity contribution is 6.43. The molecule has 10 heteroatoms. The molecule has 3 aromatic rings. The number of benzene rings is 1. The van der Waals surface area contributed by atoms with Crippen molar-refractivity contribution in [2.45, 2.75) is 32.4 Å². The maximum atomic E-state index is 14.0. The first-order valence-corrected chi connectivity index (χ1v) is 12.1. The Labute approximate surface area is 218 Å². The highest BCUT2D eigenvalue weighted by atomic mass is 35.5. The average Bonchev–Trinajstić information content (AvgIpc) is 3.36. The van der Waals surface area contributed by atoms with E-state index in [-0.39, 0.29) is 35.1 Å². The topological polar surface area (TPSA) is 103 Å². The highest BCUT2D eigenvalue weighted by Gasteiger charge is 2.44. The number of ether oxygens (including phenoxy) is 1. The summed E-state index contributed by atoms with van der Waals surface area (Å²) in [5.74, 6) is 0.0185. The lowest BCUT2D eigenvalue weighted by molar-refractivity contribution is -0.114. The van der Waals surface area contributed by atoms with Crippen LogP contribution in [0.3, 0.4) is 0 Å². The minimum atomic E-state index is -0.484. The number of halogens is 2. The first kappa shape index (κ1) is 24.1. The molecule has 1 unspecified atom stereocenters. The zero-order valence-corrected chi connectivity index (χ0v) is 21.3. The van der Waals surface area contributed by atoms with Gasteiger partial charge in [-0.25, -0.2) is 4.98 Å². The molecule has 2 aromatic heterocycles. The van der Waals surface area contributed by atoms with Gasteiger partial charge in [-0.2, -0.15) is 4.98 Å². The van der Waals surface area contributed by atoms with Crippen LogP contribution < -0.4 is 10.5 Å². The normalized spacial score (nSPS) is 17.4. The van der Waals surface area contributed by atoms with Gasteiger partial charge in [0, 0.05) is 29.4 Å². The van der Waals surface area contributed by atoms with Gasteiger partial charge in [0.15, 0.2) is 5.78 Å². The van der Waals surface area contributed by atoms with Crippen molar-refractivity contribution in [2.75, 3.05) is 12.8 Å². The Morgan fingerprint density at radius 1 is 1.14 bits per heavy atom. The maximum absolute atomic E-state index is 14.0. The second-order valence-corrected chi connectivity index (χ2v) is 9.66. The molecule has 1 atom stereocenters. The van der Waals surface area contributed by atoms with Crippen molar-refractivity contribution < 1.29 is 14.3 Å². The van der Waals surface area contributed by atoms with E-state index in [1.54, 1.807) is 35.4 Å². The van der Waals surface area contributed by atoms with E-state index in [9.17, 15) is 9.59 Å². The van der Waals surface area contributed by atoms with Gasteiger partial charge in [-0.15, -0.1) is 0 Å². The molecule has 0 bridgehead atoms. The van der Waals surface area contributed by atoms with Crippen LogP contribution in [0.2, 0.25) is 5.02 Å². The summed E-state index contributed by atoms with van der Waals surface area (Å²) in [6, 6.07) is 8.69. The lowest BCUT2D eigenvalue weighted by Gasteiger charge is -2.30. The second-order valence-electron chi connectivity index (χ2n) is 8.82. The third-order valence-corrected chi connectivity index (χ3v) is 6.87. The monoisotopic (exact) mass is 523 g/mol. The van der Waals surface area contributed by atoms with Gasteiger partial charge in [-0.05, 0) is 43.7 Å². The molecule has 2 N–H and O–H groups in total. The summed E-state index contributed by atoms with van der Waals surface area (Å²) >= 11 is 12.4. The van der Waals surface area contributed by atoms with Crippen molar-refractivity contribution >= 4 is 40.8 Å². The molecular formula is C26H23Cl2N5O3. The number of methoxy groups -OCH3 is 1. The minimum absolute atomic E-state index is 0.0328. The Kier molecular flexibility index (Phi) is 6.10. The summed E-state index contributed by atoms with van der Waals surface area (Å²) in [6.45, 7) is 4.07.